The first-order valence-corrected chi connectivity index (χ1v) is 8.68. The van der Waals surface area contributed by atoms with E-state index in [1.807, 2.05) is 30.3 Å². The monoisotopic (exact) mass is 326 g/mol. The molecule has 1 aromatic carbocycles. The lowest BCUT2D eigenvalue weighted by molar-refractivity contribution is -0.121. The van der Waals surface area contributed by atoms with Gasteiger partial charge in [0.05, 0.1) is 12.5 Å². The van der Waals surface area contributed by atoms with E-state index in [1.54, 1.807) is 0 Å². The Morgan fingerprint density at radius 1 is 1.21 bits per heavy atom. The predicted octanol–water partition coefficient (Wildman–Crippen LogP) is 2.80. The van der Waals surface area contributed by atoms with Crippen LogP contribution < -0.4 is 5.32 Å². The molecular formula is C18H22N4O2. The van der Waals surface area contributed by atoms with Crippen molar-refractivity contribution in [3.05, 3.63) is 42.1 Å². The standard InChI is InChI=1S/C18H22N4O2/c23-17(19-15-6-2-1-3-7-15)14-5-4-10-22(11-14)12-16-20-21-18(24-16)13-8-9-13/h1-3,6-7,13-14H,4-5,8-12H2,(H,19,23)/t14-/m0/s1. The van der Waals surface area contributed by atoms with Gasteiger partial charge in [-0.15, -0.1) is 10.2 Å². The summed E-state index contributed by atoms with van der Waals surface area (Å²) in [5, 5.41) is 11.3. The molecule has 1 aromatic heterocycles. The van der Waals surface area contributed by atoms with Crippen LogP contribution in [0.2, 0.25) is 0 Å². The van der Waals surface area contributed by atoms with E-state index in [-0.39, 0.29) is 11.8 Å². The van der Waals surface area contributed by atoms with Gasteiger partial charge in [-0.25, -0.2) is 0 Å². The van der Waals surface area contributed by atoms with Crippen molar-refractivity contribution in [3.63, 3.8) is 0 Å². The van der Waals surface area contributed by atoms with Gasteiger partial charge in [0.25, 0.3) is 0 Å². The van der Waals surface area contributed by atoms with Gasteiger partial charge in [-0.2, -0.15) is 0 Å². The fraction of sp³-hybridized carbons (Fsp3) is 0.500. The molecule has 2 fully saturated rings. The quantitative estimate of drug-likeness (QED) is 0.915. The highest BCUT2D eigenvalue weighted by Gasteiger charge is 2.30. The lowest BCUT2D eigenvalue weighted by Crippen LogP contribution is -2.40. The SMILES string of the molecule is O=C(Nc1ccccc1)[C@H]1CCCN(Cc2nnc(C3CC3)o2)C1. The van der Waals surface area contributed by atoms with Crippen LogP contribution in [-0.4, -0.2) is 34.1 Å². The summed E-state index contributed by atoms with van der Waals surface area (Å²) in [6.45, 7) is 2.34. The second kappa shape index (κ2) is 6.73. The van der Waals surface area contributed by atoms with Crippen molar-refractivity contribution in [2.75, 3.05) is 18.4 Å². The van der Waals surface area contributed by atoms with Crippen LogP contribution in [0.25, 0.3) is 0 Å². The number of benzene rings is 1. The Kier molecular flexibility index (Phi) is 4.30. The number of piperidine rings is 1. The number of carbonyl (C=O) groups excluding carboxylic acids is 1. The molecule has 1 N–H and O–H groups in total. The highest BCUT2D eigenvalue weighted by atomic mass is 16.4. The Hall–Kier alpha value is -2.21. The summed E-state index contributed by atoms with van der Waals surface area (Å²) in [5.74, 6) is 2.03. The normalized spacial score (nSPS) is 21.6. The summed E-state index contributed by atoms with van der Waals surface area (Å²) >= 11 is 0. The van der Waals surface area contributed by atoms with Gasteiger partial charge >= 0.3 is 0 Å². The van der Waals surface area contributed by atoms with Gasteiger partial charge in [0.1, 0.15) is 0 Å². The molecule has 1 amide bonds. The van der Waals surface area contributed by atoms with E-state index in [9.17, 15) is 4.79 Å². The van der Waals surface area contributed by atoms with Crippen LogP contribution in [-0.2, 0) is 11.3 Å². The summed E-state index contributed by atoms with van der Waals surface area (Å²) in [7, 11) is 0. The summed E-state index contributed by atoms with van der Waals surface area (Å²) in [4.78, 5) is 14.7. The number of aromatic nitrogens is 2. The molecule has 0 radical (unpaired) electrons. The zero-order valence-electron chi connectivity index (χ0n) is 13.6. The highest BCUT2D eigenvalue weighted by Crippen LogP contribution is 2.39. The van der Waals surface area contributed by atoms with Crippen molar-refractivity contribution >= 4 is 11.6 Å². The summed E-state index contributed by atoms with van der Waals surface area (Å²) in [5.41, 5.74) is 0.852. The second-order valence-corrected chi connectivity index (χ2v) is 6.74. The molecule has 1 saturated heterocycles. The fourth-order valence-electron chi connectivity index (χ4n) is 3.20. The van der Waals surface area contributed by atoms with E-state index in [0.717, 1.165) is 50.4 Å². The van der Waals surface area contributed by atoms with E-state index in [0.29, 0.717) is 18.4 Å². The maximum absolute atomic E-state index is 12.5. The zero-order valence-corrected chi connectivity index (χ0v) is 13.6. The molecule has 1 aliphatic carbocycles. The van der Waals surface area contributed by atoms with Crippen LogP contribution in [0.4, 0.5) is 5.69 Å². The van der Waals surface area contributed by atoms with E-state index >= 15 is 0 Å². The summed E-state index contributed by atoms with van der Waals surface area (Å²) in [6, 6.07) is 9.62. The van der Waals surface area contributed by atoms with E-state index in [2.05, 4.69) is 20.4 Å². The third kappa shape index (κ3) is 3.64. The van der Waals surface area contributed by atoms with E-state index < -0.39 is 0 Å². The Morgan fingerprint density at radius 2 is 2.04 bits per heavy atom. The number of likely N-dealkylation sites (tertiary alicyclic amines) is 1. The first kappa shape index (κ1) is 15.3. The Labute approximate surface area is 141 Å². The minimum atomic E-state index is 0.00443. The third-order valence-corrected chi connectivity index (χ3v) is 4.69. The number of hydrogen-bond donors (Lipinski definition) is 1. The molecule has 4 rings (SSSR count). The van der Waals surface area contributed by atoms with Gasteiger partial charge in [-0.1, -0.05) is 18.2 Å². The number of nitrogens with zero attached hydrogens (tertiary/aromatic N) is 3. The first-order valence-electron chi connectivity index (χ1n) is 8.68. The molecule has 2 heterocycles. The number of carbonyl (C=O) groups is 1. The lowest BCUT2D eigenvalue weighted by atomic mass is 9.97. The van der Waals surface area contributed by atoms with Crippen molar-refractivity contribution in [3.8, 4) is 0 Å². The summed E-state index contributed by atoms with van der Waals surface area (Å²) < 4.78 is 5.74. The molecule has 6 heteroatoms. The maximum atomic E-state index is 12.5. The smallest absolute Gasteiger partial charge is 0.230 e. The largest absolute Gasteiger partial charge is 0.424 e. The molecule has 0 bridgehead atoms. The van der Waals surface area contributed by atoms with Gasteiger partial charge in [-0.3, -0.25) is 9.69 Å². The number of hydrogen-bond acceptors (Lipinski definition) is 5. The van der Waals surface area contributed by atoms with Crippen LogP contribution in [0.5, 0.6) is 0 Å². The molecule has 2 aliphatic rings. The first-order chi connectivity index (χ1) is 11.8. The Balaban J connectivity index is 1.33. The zero-order chi connectivity index (χ0) is 16.4. The van der Waals surface area contributed by atoms with Crippen LogP contribution in [0, 0.1) is 5.92 Å². The maximum Gasteiger partial charge on any atom is 0.230 e. The number of amides is 1. The predicted molar refractivity (Wildman–Crippen MR) is 89.3 cm³/mol. The number of anilines is 1. The van der Waals surface area contributed by atoms with Crippen molar-refractivity contribution in [1.29, 1.82) is 0 Å². The van der Waals surface area contributed by atoms with E-state index in [4.69, 9.17) is 4.42 Å². The molecular weight excluding hydrogens is 304 g/mol. The second-order valence-electron chi connectivity index (χ2n) is 6.74. The van der Waals surface area contributed by atoms with Gasteiger partial charge in [0.15, 0.2) is 0 Å². The number of nitrogens with one attached hydrogen (secondary N) is 1. The van der Waals surface area contributed by atoms with E-state index in [1.165, 1.54) is 0 Å². The molecule has 1 atom stereocenters. The summed E-state index contributed by atoms with van der Waals surface area (Å²) in [6.07, 6.45) is 4.25. The number of para-hydroxylation sites is 1. The van der Waals surface area contributed by atoms with Gasteiger partial charge in [0, 0.05) is 18.2 Å². The molecule has 24 heavy (non-hydrogen) atoms. The third-order valence-electron chi connectivity index (χ3n) is 4.69. The van der Waals surface area contributed by atoms with Gasteiger partial charge in [-0.05, 0) is 44.4 Å². The van der Waals surface area contributed by atoms with Gasteiger partial charge in [0.2, 0.25) is 17.7 Å². The van der Waals surface area contributed by atoms with Crippen molar-refractivity contribution in [2.45, 2.75) is 38.1 Å². The minimum absolute atomic E-state index is 0.00443. The van der Waals surface area contributed by atoms with Crippen LogP contribution in [0.1, 0.15) is 43.4 Å². The van der Waals surface area contributed by atoms with Crippen molar-refractivity contribution in [1.82, 2.24) is 15.1 Å². The molecule has 0 unspecified atom stereocenters. The average molecular weight is 326 g/mol. The molecule has 6 nitrogen and oxygen atoms in total. The molecule has 2 aromatic rings. The molecule has 0 spiro atoms. The molecule has 1 saturated carbocycles. The lowest BCUT2D eigenvalue weighted by Gasteiger charge is -2.30. The van der Waals surface area contributed by atoms with Crippen LogP contribution in [0.15, 0.2) is 34.7 Å². The Bertz CT molecular complexity index is 696. The molecule has 1 aliphatic heterocycles. The molecule has 126 valence electrons. The number of rotatable bonds is 5. The van der Waals surface area contributed by atoms with Crippen molar-refractivity contribution < 1.29 is 9.21 Å². The Morgan fingerprint density at radius 3 is 2.83 bits per heavy atom. The topological polar surface area (TPSA) is 71.3 Å². The van der Waals surface area contributed by atoms with Gasteiger partial charge < -0.3 is 9.73 Å². The average Bonchev–Trinajstić information content (AvgIpc) is 3.36. The van der Waals surface area contributed by atoms with Crippen LogP contribution in [0.3, 0.4) is 0 Å². The van der Waals surface area contributed by atoms with Crippen LogP contribution >= 0.6 is 0 Å². The highest BCUT2D eigenvalue weighted by molar-refractivity contribution is 5.92. The minimum Gasteiger partial charge on any atom is -0.424 e. The van der Waals surface area contributed by atoms with Crippen molar-refractivity contribution in [2.24, 2.45) is 5.92 Å². The fourth-order valence-corrected chi connectivity index (χ4v) is 3.20.